The van der Waals surface area contributed by atoms with Crippen LogP contribution in [0.15, 0.2) is 52.0 Å². The number of benzene rings is 2. The van der Waals surface area contributed by atoms with Gasteiger partial charge in [-0.1, -0.05) is 36.7 Å². The first-order valence-electron chi connectivity index (χ1n) is 7.00. The zero-order chi connectivity index (χ0) is 16.4. The summed E-state index contributed by atoms with van der Waals surface area (Å²) < 4.78 is 32.7. The average molecular weight is 352 g/mol. The fourth-order valence-corrected chi connectivity index (χ4v) is 4.02. The molecule has 3 aromatic rings. The van der Waals surface area contributed by atoms with Crippen LogP contribution in [0.1, 0.15) is 24.9 Å². The summed E-state index contributed by atoms with van der Waals surface area (Å²) >= 11 is 5.99. The molecule has 23 heavy (non-hydrogen) atoms. The summed E-state index contributed by atoms with van der Waals surface area (Å²) in [4.78, 5) is 0.0386. The molecule has 0 saturated heterocycles. The van der Waals surface area contributed by atoms with Crippen molar-refractivity contribution < 1.29 is 13.0 Å². The minimum atomic E-state index is -3.78. The molecule has 2 aromatic carbocycles. The van der Waals surface area contributed by atoms with Crippen molar-refractivity contribution in [3.05, 3.63) is 53.1 Å². The molecule has 120 valence electrons. The summed E-state index contributed by atoms with van der Waals surface area (Å²) in [5, 5.41) is 7.90. The van der Waals surface area contributed by atoms with Crippen LogP contribution in [0.4, 0.5) is 0 Å². The molecular weight excluding hydrogens is 338 g/mol. The van der Waals surface area contributed by atoms with E-state index in [1.807, 2.05) is 13.0 Å². The highest BCUT2D eigenvalue weighted by atomic mass is 35.5. The molecule has 3 rings (SSSR count). The quantitative estimate of drug-likeness (QED) is 0.762. The number of fused-ring (bicyclic) bond motifs is 1. The summed E-state index contributed by atoms with van der Waals surface area (Å²) in [6.07, 6.45) is 0.576. The molecule has 0 saturated carbocycles. The molecule has 0 spiro atoms. The van der Waals surface area contributed by atoms with Gasteiger partial charge in [0, 0.05) is 11.1 Å². The fourth-order valence-electron chi connectivity index (χ4n) is 2.36. The predicted octanol–water partition coefficient (Wildman–Crippen LogP) is 3.31. The first kappa shape index (κ1) is 15.9. The Hall–Kier alpha value is -1.96. The van der Waals surface area contributed by atoms with Gasteiger partial charge >= 0.3 is 0 Å². The Balaban J connectivity index is 1.98. The third kappa shape index (κ3) is 3.21. The van der Waals surface area contributed by atoms with E-state index in [-0.39, 0.29) is 10.4 Å². The molecule has 0 bridgehead atoms. The minimum Gasteiger partial charge on any atom is -0.243 e. The van der Waals surface area contributed by atoms with Crippen LogP contribution in [-0.2, 0) is 10.0 Å². The number of rotatable bonds is 5. The van der Waals surface area contributed by atoms with Gasteiger partial charge in [0.25, 0.3) is 0 Å². The first-order chi connectivity index (χ1) is 11.0. The number of nitrogens with one attached hydrogen (secondary N) is 1. The van der Waals surface area contributed by atoms with Crippen LogP contribution in [0.5, 0.6) is 0 Å². The highest BCUT2D eigenvalue weighted by molar-refractivity contribution is 7.89. The highest BCUT2D eigenvalue weighted by Gasteiger charge is 2.24. The van der Waals surface area contributed by atoms with E-state index in [2.05, 4.69) is 19.7 Å². The van der Waals surface area contributed by atoms with Gasteiger partial charge in [-0.3, -0.25) is 0 Å². The molecule has 1 aromatic heterocycles. The number of aromatic nitrogens is 2. The van der Waals surface area contributed by atoms with Crippen molar-refractivity contribution in [2.24, 2.45) is 0 Å². The predicted molar refractivity (Wildman–Crippen MR) is 86.6 cm³/mol. The Morgan fingerprint density at radius 3 is 2.74 bits per heavy atom. The van der Waals surface area contributed by atoms with Gasteiger partial charge in [0.15, 0.2) is 5.52 Å². The Morgan fingerprint density at radius 1 is 1.22 bits per heavy atom. The molecule has 0 radical (unpaired) electrons. The Labute approximate surface area is 138 Å². The number of hydrogen-bond donors (Lipinski definition) is 1. The summed E-state index contributed by atoms with van der Waals surface area (Å²) in [6.45, 7) is 1.90. The summed E-state index contributed by atoms with van der Waals surface area (Å²) in [7, 11) is -3.78. The van der Waals surface area contributed by atoms with Gasteiger partial charge in [-0.25, -0.2) is 17.8 Å². The van der Waals surface area contributed by atoms with Crippen molar-refractivity contribution in [1.29, 1.82) is 0 Å². The number of nitrogens with zero attached hydrogens (tertiary/aromatic N) is 2. The lowest BCUT2D eigenvalue weighted by molar-refractivity contribution is 0.315. The SMILES string of the molecule is CC[C@H](NS(=O)(=O)c1cccc2nonc12)c1cccc(Cl)c1. The minimum absolute atomic E-state index is 0.0386. The largest absolute Gasteiger partial charge is 0.243 e. The second-order valence-electron chi connectivity index (χ2n) is 5.03. The molecule has 0 aliphatic heterocycles. The van der Waals surface area contributed by atoms with E-state index in [0.717, 1.165) is 5.56 Å². The van der Waals surface area contributed by atoms with E-state index < -0.39 is 16.1 Å². The van der Waals surface area contributed by atoms with Gasteiger partial charge in [-0.2, -0.15) is 0 Å². The maximum atomic E-state index is 12.7. The lowest BCUT2D eigenvalue weighted by Gasteiger charge is -2.17. The number of sulfonamides is 1. The second kappa shape index (κ2) is 6.27. The first-order valence-corrected chi connectivity index (χ1v) is 8.86. The summed E-state index contributed by atoms with van der Waals surface area (Å²) in [5.74, 6) is 0. The molecule has 1 atom stereocenters. The van der Waals surface area contributed by atoms with Crippen LogP contribution in [-0.4, -0.2) is 18.7 Å². The smallest absolute Gasteiger partial charge is 0.243 e. The van der Waals surface area contributed by atoms with Crippen molar-refractivity contribution in [1.82, 2.24) is 15.0 Å². The Bertz CT molecular complexity index is 940. The zero-order valence-corrected chi connectivity index (χ0v) is 13.8. The third-order valence-corrected chi connectivity index (χ3v) is 5.23. The highest BCUT2D eigenvalue weighted by Crippen LogP contribution is 2.25. The zero-order valence-electron chi connectivity index (χ0n) is 12.2. The lowest BCUT2D eigenvalue weighted by Crippen LogP contribution is -2.28. The molecule has 0 unspecified atom stereocenters. The molecule has 0 amide bonds. The third-order valence-electron chi connectivity index (χ3n) is 3.50. The van der Waals surface area contributed by atoms with Gasteiger partial charge in [0.05, 0.1) is 0 Å². The van der Waals surface area contributed by atoms with Crippen molar-refractivity contribution in [3.8, 4) is 0 Å². The molecule has 6 nitrogen and oxygen atoms in total. The van der Waals surface area contributed by atoms with E-state index in [4.69, 9.17) is 11.6 Å². The van der Waals surface area contributed by atoms with Crippen LogP contribution in [0.3, 0.4) is 0 Å². The van der Waals surface area contributed by atoms with Gasteiger partial charge in [-0.15, -0.1) is 0 Å². The van der Waals surface area contributed by atoms with Crippen LogP contribution in [0.25, 0.3) is 11.0 Å². The molecule has 1 N–H and O–H groups in total. The number of halogens is 1. The summed E-state index contributed by atoms with van der Waals surface area (Å²) in [6, 6.07) is 11.4. The Kier molecular flexibility index (Phi) is 4.34. The molecule has 0 aliphatic carbocycles. The molecule has 0 aliphatic rings. The molecule has 1 heterocycles. The maximum Gasteiger partial charge on any atom is 0.243 e. The molecule has 0 fully saturated rings. The Morgan fingerprint density at radius 2 is 2.00 bits per heavy atom. The van der Waals surface area contributed by atoms with E-state index >= 15 is 0 Å². The van der Waals surface area contributed by atoms with Crippen molar-refractivity contribution in [2.45, 2.75) is 24.3 Å². The maximum absolute atomic E-state index is 12.7. The van der Waals surface area contributed by atoms with Gasteiger partial charge < -0.3 is 0 Å². The van der Waals surface area contributed by atoms with Crippen LogP contribution < -0.4 is 4.72 Å². The van der Waals surface area contributed by atoms with Gasteiger partial charge in [0.1, 0.15) is 10.4 Å². The standard InChI is InChI=1S/C15H14ClN3O3S/c1-2-12(10-5-3-6-11(16)9-10)19-23(20,21)14-8-4-7-13-15(14)18-22-17-13/h3-9,12,19H,2H2,1H3/t12-/m0/s1. The normalized spacial score (nSPS) is 13.3. The van der Waals surface area contributed by atoms with Crippen molar-refractivity contribution in [3.63, 3.8) is 0 Å². The molecular formula is C15H14ClN3O3S. The topological polar surface area (TPSA) is 85.1 Å². The van der Waals surface area contributed by atoms with Crippen LogP contribution >= 0.6 is 11.6 Å². The number of hydrogen-bond acceptors (Lipinski definition) is 5. The van der Waals surface area contributed by atoms with Crippen LogP contribution in [0, 0.1) is 0 Å². The lowest BCUT2D eigenvalue weighted by atomic mass is 10.1. The summed E-state index contributed by atoms with van der Waals surface area (Å²) in [5.41, 5.74) is 1.40. The van der Waals surface area contributed by atoms with E-state index in [1.165, 1.54) is 6.07 Å². The monoisotopic (exact) mass is 351 g/mol. The van der Waals surface area contributed by atoms with Crippen LogP contribution in [0.2, 0.25) is 5.02 Å². The van der Waals surface area contributed by atoms with E-state index in [1.54, 1.807) is 30.3 Å². The second-order valence-corrected chi connectivity index (χ2v) is 7.14. The average Bonchev–Trinajstić information content (AvgIpc) is 3.01. The van der Waals surface area contributed by atoms with E-state index in [0.29, 0.717) is 17.0 Å². The van der Waals surface area contributed by atoms with Gasteiger partial charge in [-0.05, 0) is 46.6 Å². The molecule has 8 heteroatoms. The van der Waals surface area contributed by atoms with Crippen molar-refractivity contribution in [2.75, 3.05) is 0 Å². The van der Waals surface area contributed by atoms with E-state index in [9.17, 15) is 8.42 Å². The van der Waals surface area contributed by atoms with Crippen molar-refractivity contribution >= 4 is 32.7 Å². The van der Waals surface area contributed by atoms with Gasteiger partial charge in [0.2, 0.25) is 10.0 Å². The fraction of sp³-hybridized carbons (Fsp3) is 0.200.